The summed E-state index contributed by atoms with van der Waals surface area (Å²) in [6.45, 7) is 4.36. The first kappa shape index (κ1) is 20.7. The van der Waals surface area contributed by atoms with Crippen molar-refractivity contribution in [3.63, 3.8) is 0 Å². The van der Waals surface area contributed by atoms with Crippen molar-refractivity contribution in [2.45, 2.75) is 32.9 Å². The van der Waals surface area contributed by atoms with E-state index in [4.69, 9.17) is 0 Å². The predicted octanol–water partition coefficient (Wildman–Crippen LogP) is 5.28. The number of hydrogen-bond donors (Lipinski definition) is 2. The van der Waals surface area contributed by atoms with Crippen LogP contribution in [-0.4, -0.2) is 18.5 Å². The highest BCUT2D eigenvalue weighted by Gasteiger charge is 2.30. The van der Waals surface area contributed by atoms with Gasteiger partial charge in [0.15, 0.2) is 0 Å². The molecule has 8 heteroatoms. The van der Waals surface area contributed by atoms with E-state index >= 15 is 0 Å². The van der Waals surface area contributed by atoms with Gasteiger partial charge >= 0.3 is 12.2 Å². The topological polar surface area (TPSA) is 61.4 Å². The minimum absolute atomic E-state index is 0.0454. The van der Waals surface area contributed by atoms with Gasteiger partial charge in [-0.2, -0.15) is 13.2 Å². The van der Waals surface area contributed by atoms with Gasteiger partial charge in [-0.25, -0.2) is 4.79 Å². The Morgan fingerprint density at radius 1 is 1.03 bits per heavy atom. The molecule has 3 amide bonds. The second-order valence-corrected chi connectivity index (χ2v) is 7.25. The number of hydrogen-bond acceptors (Lipinski definition) is 2. The van der Waals surface area contributed by atoms with Crippen molar-refractivity contribution in [2.75, 3.05) is 22.1 Å². The van der Waals surface area contributed by atoms with E-state index in [1.807, 2.05) is 13.8 Å². The van der Waals surface area contributed by atoms with Crippen molar-refractivity contribution in [1.82, 2.24) is 0 Å². The van der Waals surface area contributed by atoms with Crippen LogP contribution < -0.4 is 15.5 Å². The molecule has 2 aromatic rings. The molecular formula is C21H22F3N3O2. The Labute approximate surface area is 166 Å². The second kappa shape index (κ2) is 8.14. The number of alkyl halides is 3. The molecule has 2 aromatic carbocycles. The smallest absolute Gasteiger partial charge is 0.312 e. The van der Waals surface area contributed by atoms with E-state index in [1.165, 1.54) is 12.1 Å². The number of halogens is 3. The molecule has 29 heavy (non-hydrogen) atoms. The van der Waals surface area contributed by atoms with E-state index in [0.717, 1.165) is 36.2 Å². The van der Waals surface area contributed by atoms with Crippen LogP contribution in [0.2, 0.25) is 0 Å². The first-order chi connectivity index (χ1) is 13.6. The highest BCUT2D eigenvalue weighted by atomic mass is 19.4. The number of nitrogens with one attached hydrogen (secondary N) is 2. The zero-order valence-electron chi connectivity index (χ0n) is 16.1. The summed E-state index contributed by atoms with van der Waals surface area (Å²) in [5.41, 5.74) is 1.50. The molecule has 0 saturated heterocycles. The van der Waals surface area contributed by atoms with Crippen molar-refractivity contribution < 1.29 is 22.8 Å². The summed E-state index contributed by atoms with van der Waals surface area (Å²) in [6.07, 6.45) is -2.88. The lowest BCUT2D eigenvalue weighted by Crippen LogP contribution is -2.38. The van der Waals surface area contributed by atoms with Gasteiger partial charge in [0, 0.05) is 29.5 Å². The fourth-order valence-corrected chi connectivity index (χ4v) is 3.28. The molecular weight excluding hydrogens is 383 g/mol. The molecule has 1 heterocycles. The van der Waals surface area contributed by atoms with Crippen LogP contribution in [0.3, 0.4) is 0 Å². The number of rotatable bonds is 3. The number of nitrogens with zero attached hydrogens (tertiary/aromatic N) is 1. The third-order valence-corrected chi connectivity index (χ3v) is 4.66. The first-order valence-electron chi connectivity index (χ1n) is 9.34. The highest BCUT2D eigenvalue weighted by Crippen LogP contribution is 2.32. The number of fused-ring (bicyclic) bond motifs is 1. The SMILES string of the molecule is CC(C)C(=O)N1CCCc2cc(NC(=O)Nc3cccc(C(F)(F)F)c3)ccc21. The summed E-state index contributed by atoms with van der Waals surface area (Å²) >= 11 is 0. The zero-order chi connectivity index (χ0) is 21.2. The molecule has 1 aliphatic rings. The van der Waals surface area contributed by atoms with E-state index in [-0.39, 0.29) is 17.5 Å². The van der Waals surface area contributed by atoms with Crippen LogP contribution in [0.4, 0.5) is 35.0 Å². The van der Waals surface area contributed by atoms with Crippen LogP contribution >= 0.6 is 0 Å². The lowest BCUT2D eigenvalue weighted by Gasteiger charge is -2.31. The Morgan fingerprint density at radius 3 is 2.38 bits per heavy atom. The quantitative estimate of drug-likeness (QED) is 0.729. The summed E-state index contributed by atoms with van der Waals surface area (Å²) in [5.74, 6) is -0.0639. The van der Waals surface area contributed by atoms with Crippen LogP contribution in [0, 0.1) is 5.92 Å². The lowest BCUT2D eigenvalue weighted by molar-refractivity contribution is -0.137. The average Bonchev–Trinajstić information content (AvgIpc) is 2.66. The lowest BCUT2D eigenvalue weighted by atomic mass is 9.99. The summed E-state index contributed by atoms with van der Waals surface area (Å²) in [5, 5.41) is 5.04. The molecule has 0 bridgehead atoms. The Hall–Kier alpha value is -3.03. The van der Waals surface area contributed by atoms with Gasteiger partial charge in [0.05, 0.1) is 5.56 Å². The van der Waals surface area contributed by atoms with Crippen molar-refractivity contribution in [1.29, 1.82) is 0 Å². The third kappa shape index (κ3) is 4.88. The normalized spacial score (nSPS) is 13.8. The number of amides is 3. The van der Waals surface area contributed by atoms with E-state index < -0.39 is 17.8 Å². The fourth-order valence-electron chi connectivity index (χ4n) is 3.28. The van der Waals surface area contributed by atoms with E-state index in [1.54, 1.807) is 23.1 Å². The number of aryl methyl sites for hydroxylation is 1. The maximum Gasteiger partial charge on any atom is 0.416 e. The number of benzene rings is 2. The Balaban J connectivity index is 1.71. The minimum Gasteiger partial charge on any atom is -0.312 e. The molecule has 0 radical (unpaired) electrons. The molecule has 0 unspecified atom stereocenters. The molecule has 0 spiro atoms. The van der Waals surface area contributed by atoms with Crippen molar-refractivity contribution >= 4 is 29.0 Å². The van der Waals surface area contributed by atoms with Gasteiger partial charge in [0.25, 0.3) is 0 Å². The maximum atomic E-state index is 12.8. The van der Waals surface area contributed by atoms with E-state index in [0.29, 0.717) is 12.2 Å². The van der Waals surface area contributed by atoms with Gasteiger partial charge in [0.1, 0.15) is 0 Å². The maximum absolute atomic E-state index is 12.8. The number of urea groups is 1. The highest BCUT2D eigenvalue weighted by molar-refractivity contribution is 6.00. The van der Waals surface area contributed by atoms with Crippen molar-refractivity contribution in [3.8, 4) is 0 Å². The molecule has 0 aliphatic carbocycles. The van der Waals surface area contributed by atoms with Gasteiger partial charge in [-0.05, 0) is 54.8 Å². The molecule has 5 nitrogen and oxygen atoms in total. The number of anilines is 3. The standard InChI is InChI=1S/C21H22F3N3O2/c1-13(2)19(28)27-10-4-5-14-11-17(8-9-18(14)27)26-20(29)25-16-7-3-6-15(12-16)21(22,23)24/h3,6-9,11-13H,4-5,10H2,1-2H3,(H2,25,26,29). The Bertz CT molecular complexity index is 926. The van der Waals surface area contributed by atoms with Crippen LogP contribution in [0.25, 0.3) is 0 Å². The van der Waals surface area contributed by atoms with Crippen molar-refractivity contribution in [3.05, 3.63) is 53.6 Å². The molecule has 0 saturated carbocycles. The Kier molecular flexibility index (Phi) is 5.81. The molecule has 0 aromatic heterocycles. The molecule has 1 aliphatic heterocycles. The van der Waals surface area contributed by atoms with Gasteiger partial charge in [-0.1, -0.05) is 19.9 Å². The summed E-state index contributed by atoms with van der Waals surface area (Å²) < 4.78 is 38.4. The Morgan fingerprint density at radius 2 is 1.72 bits per heavy atom. The average molecular weight is 405 g/mol. The first-order valence-corrected chi connectivity index (χ1v) is 9.34. The monoisotopic (exact) mass is 405 g/mol. The number of carbonyl (C=O) groups is 2. The van der Waals surface area contributed by atoms with Gasteiger partial charge in [-0.3, -0.25) is 4.79 Å². The van der Waals surface area contributed by atoms with E-state index in [2.05, 4.69) is 10.6 Å². The van der Waals surface area contributed by atoms with Crippen LogP contribution in [0.5, 0.6) is 0 Å². The molecule has 0 atom stereocenters. The molecule has 2 N–H and O–H groups in total. The van der Waals surface area contributed by atoms with E-state index in [9.17, 15) is 22.8 Å². The van der Waals surface area contributed by atoms with Crippen LogP contribution in [-0.2, 0) is 17.4 Å². The largest absolute Gasteiger partial charge is 0.416 e. The molecule has 3 rings (SSSR count). The summed E-state index contributed by atoms with van der Waals surface area (Å²) in [7, 11) is 0. The van der Waals surface area contributed by atoms with Gasteiger partial charge in [-0.15, -0.1) is 0 Å². The molecule has 0 fully saturated rings. The summed E-state index contributed by atoms with van der Waals surface area (Å²) in [6, 6.07) is 9.05. The third-order valence-electron chi connectivity index (χ3n) is 4.66. The van der Waals surface area contributed by atoms with Gasteiger partial charge in [0.2, 0.25) is 5.91 Å². The minimum atomic E-state index is -4.48. The van der Waals surface area contributed by atoms with Crippen LogP contribution in [0.1, 0.15) is 31.4 Å². The van der Waals surface area contributed by atoms with Gasteiger partial charge < -0.3 is 15.5 Å². The second-order valence-electron chi connectivity index (χ2n) is 7.25. The fraction of sp³-hybridized carbons (Fsp3) is 0.333. The number of carbonyl (C=O) groups excluding carboxylic acids is 2. The zero-order valence-corrected chi connectivity index (χ0v) is 16.1. The van der Waals surface area contributed by atoms with Crippen LogP contribution in [0.15, 0.2) is 42.5 Å². The predicted molar refractivity (Wildman–Crippen MR) is 106 cm³/mol. The molecule has 154 valence electrons. The summed E-state index contributed by atoms with van der Waals surface area (Å²) in [4.78, 5) is 26.4. The van der Waals surface area contributed by atoms with Crippen molar-refractivity contribution in [2.24, 2.45) is 5.92 Å².